The first-order valence-electron chi connectivity index (χ1n) is 7.02. The Hall–Kier alpha value is -1.67. The van der Waals surface area contributed by atoms with Crippen LogP contribution in [-0.2, 0) is 12.8 Å². The molecule has 5 nitrogen and oxygen atoms in total. The Balaban J connectivity index is 2.47. The molecule has 0 aromatic carbocycles. The maximum absolute atomic E-state index is 9.51. The van der Waals surface area contributed by atoms with Gasteiger partial charge in [-0.2, -0.15) is 10.4 Å². The summed E-state index contributed by atoms with van der Waals surface area (Å²) in [5.74, 6) is 0.755. The van der Waals surface area contributed by atoms with Crippen LogP contribution in [0.5, 0.6) is 0 Å². The lowest BCUT2D eigenvalue weighted by Crippen LogP contribution is -2.57. The van der Waals surface area contributed by atoms with Gasteiger partial charge in [-0.15, -0.1) is 5.10 Å². The summed E-state index contributed by atoms with van der Waals surface area (Å²) in [7, 11) is 0. The van der Waals surface area contributed by atoms with Gasteiger partial charge in [0.25, 0.3) is 0 Å². The fraction of sp³-hybridized carbons (Fsp3) is 0.643. The number of nitriles is 1. The molecule has 1 aromatic rings. The van der Waals surface area contributed by atoms with E-state index in [0.29, 0.717) is 11.6 Å². The monoisotopic (exact) mass is 259 g/mol. The van der Waals surface area contributed by atoms with E-state index < -0.39 is 0 Å². The third kappa shape index (κ3) is 2.41. The minimum absolute atomic E-state index is 0.434. The lowest BCUT2D eigenvalue weighted by molar-refractivity contribution is 0.414. The molecule has 0 bridgehead atoms. The van der Waals surface area contributed by atoms with Crippen molar-refractivity contribution in [1.29, 1.82) is 5.26 Å². The molecule has 1 N–H and O–H groups in total. The summed E-state index contributed by atoms with van der Waals surface area (Å²) < 4.78 is 0. The summed E-state index contributed by atoms with van der Waals surface area (Å²) >= 11 is 0. The van der Waals surface area contributed by atoms with E-state index in [1.165, 1.54) is 0 Å². The third-order valence-corrected chi connectivity index (χ3v) is 3.75. The standard InChI is InChI=1S/C14H21N5/c1-4-11-12(7-15)14(18-17-13(11)5-2)19(6-3)10-8-16-9-10/h10,16H,4-6,8-9H2,1-3H3. The van der Waals surface area contributed by atoms with Crippen LogP contribution >= 0.6 is 0 Å². The van der Waals surface area contributed by atoms with Crippen LogP contribution in [-0.4, -0.2) is 35.9 Å². The first-order chi connectivity index (χ1) is 9.26. The Morgan fingerprint density at radius 2 is 2.00 bits per heavy atom. The lowest BCUT2D eigenvalue weighted by atomic mass is 10.0. The van der Waals surface area contributed by atoms with Gasteiger partial charge in [-0.3, -0.25) is 0 Å². The summed E-state index contributed by atoms with van der Waals surface area (Å²) in [5.41, 5.74) is 2.72. The fourth-order valence-electron chi connectivity index (χ4n) is 2.56. The summed E-state index contributed by atoms with van der Waals surface area (Å²) in [6.07, 6.45) is 1.65. The lowest BCUT2D eigenvalue weighted by Gasteiger charge is -2.38. The zero-order chi connectivity index (χ0) is 13.8. The second-order valence-electron chi connectivity index (χ2n) is 4.74. The highest BCUT2D eigenvalue weighted by atomic mass is 15.3. The Labute approximate surface area is 114 Å². The molecule has 1 saturated heterocycles. The highest BCUT2D eigenvalue weighted by molar-refractivity contribution is 5.59. The second kappa shape index (κ2) is 5.98. The van der Waals surface area contributed by atoms with E-state index in [2.05, 4.69) is 47.3 Å². The Kier molecular flexibility index (Phi) is 4.33. The third-order valence-electron chi connectivity index (χ3n) is 3.75. The van der Waals surface area contributed by atoms with Gasteiger partial charge >= 0.3 is 0 Å². The van der Waals surface area contributed by atoms with Crippen LogP contribution in [0.15, 0.2) is 0 Å². The SMILES string of the molecule is CCc1nnc(N(CC)C2CNC2)c(C#N)c1CC. The van der Waals surface area contributed by atoms with Crippen LogP contribution in [0.25, 0.3) is 0 Å². The van der Waals surface area contributed by atoms with E-state index in [-0.39, 0.29) is 0 Å². The fourth-order valence-corrected chi connectivity index (χ4v) is 2.56. The predicted octanol–water partition coefficient (Wildman–Crippen LogP) is 1.27. The molecule has 1 fully saturated rings. The Morgan fingerprint density at radius 3 is 2.42 bits per heavy atom. The molecule has 0 unspecified atom stereocenters. The molecule has 2 rings (SSSR count). The number of anilines is 1. The maximum Gasteiger partial charge on any atom is 0.169 e. The molecule has 1 aliphatic heterocycles. The van der Waals surface area contributed by atoms with Gasteiger partial charge in [-0.25, -0.2) is 0 Å². The molecule has 19 heavy (non-hydrogen) atoms. The van der Waals surface area contributed by atoms with Gasteiger partial charge in [0.2, 0.25) is 0 Å². The van der Waals surface area contributed by atoms with E-state index >= 15 is 0 Å². The maximum atomic E-state index is 9.51. The summed E-state index contributed by atoms with van der Waals surface area (Å²) in [6.45, 7) is 8.99. The molecule has 0 spiro atoms. The van der Waals surface area contributed by atoms with Crippen LogP contribution in [0.2, 0.25) is 0 Å². The topological polar surface area (TPSA) is 64.8 Å². The summed E-state index contributed by atoms with van der Waals surface area (Å²) in [5, 5.41) is 21.4. The molecule has 0 saturated carbocycles. The average molecular weight is 259 g/mol. The highest BCUT2D eigenvalue weighted by Gasteiger charge is 2.28. The molecule has 1 aromatic heterocycles. The minimum atomic E-state index is 0.434. The summed E-state index contributed by atoms with van der Waals surface area (Å²) in [6, 6.07) is 2.78. The largest absolute Gasteiger partial charge is 0.349 e. The van der Waals surface area contributed by atoms with Crippen LogP contribution in [0.4, 0.5) is 5.82 Å². The predicted molar refractivity (Wildman–Crippen MR) is 75.2 cm³/mol. The van der Waals surface area contributed by atoms with Crippen molar-refractivity contribution in [2.45, 2.75) is 39.7 Å². The van der Waals surface area contributed by atoms with Gasteiger partial charge < -0.3 is 10.2 Å². The number of aryl methyl sites for hydroxylation is 1. The van der Waals surface area contributed by atoms with Crippen molar-refractivity contribution in [3.63, 3.8) is 0 Å². The number of nitrogens with zero attached hydrogens (tertiary/aromatic N) is 4. The molecule has 0 radical (unpaired) electrons. The molecular weight excluding hydrogens is 238 g/mol. The first kappa shape index (κ1) is 13.8. The van der Waals surface area contributed by atoms with Gasteiger partial charge in [-0.05, 0) is 25.3 Å². The number of aromatic nitrogens is 2. The van der Waals surface area contributed by atoms with E-state index in [4.69, 9.17) is 0 Å². The highest BCUT2D eigenvalue weighted by Crippen LogP contribution is 2.25. The number of likely N-dealkylation sites (N-methyl/N-ethyl adjacent to an activating group) is 1. The molecular formula is C14H21N5. The molecule has 5 heteroatoms. The molecule has 0 aliphatic carbocycles. The van der Waals surface area contributed by atoms with Crippen LogP contribution in [0, 0.1) is 11.3 Å². The van der Waals surface area contributed by atoms with Crippen molar-refractivity contribution >= 4 is 5.82 Å². The van der Waals surface area contributed by atoms with Crippen LogP contribution < -0.4 is 10.2 Å². The summed E-state index contributed by atoms with van der Waals surface area (Å²) in [4.78, 5) is 2.20. The van der Waals surface area contributed by atoms with Gasteiger partial charge in [-0.1, -0.05) is 13.8 Å². The van der Waals surface area contributed by atoms with Crippen LogP contribution in [0.1, 0.15) is 37.6 Å². The Bertz CT molecular complexity index is 487. The number of hydrogen-bond acceptors (Lipinski definition) is 5. The van der Waals surface area contributed by atoms with Gasteiger partial charge in [0, 0.05) is 19.6 Å². The van der Waals surface area contributed by atoms with Gasteiger partial charge in [0.05, 0.1) is 11.7 Å². The number of rotatable bonds is 5. The molecule has 102 valence electrons. The average Bonchev–Trinajstić information content (AvgIpc) is 2.40. The van der Waals surface area contributed by atoms with E-state index in [1.807, 2.05) is 0 Å². The molecule has 0 amide bonds. The molecule has 2 heterocycles. The van der Waals surface area contributed by atoms with Crippen molar-refractivity contribution in [3.8, 4) is 6.07 Å². The normalized spacial score (nSPS) is 14.8. The van der Waals surface area contributed by atoms with Crippen molar-refractivity contribution in [2.75, 3.05) is 24.5 Å². The molecule has 0 atom stereocenters. The van der Waals surface area contributed by atoms with E-state index in [1.54, 1.807) is 0 Å². The second-order valence-corrected chi connectivity index (χ2v) is 4.74. The van der Waals surface area contributed by atoms with E-state index in [0.717, 1.165) is 49.6 Å². The first-order valence-corrected chi connectivity index (χ1v) is 7.02. The van der Waals surface area contributed by atoms with Crippen LogP contribution in [0.3, 0.4) is 0 Å². The molecule has 1 aliphatic rings. The van der Waals surface area contributed by atoms with E-state index in [9.17, 15) is 5.26 Å². The van der Waals surface area contributed by atoms with Crippen molar-refractivity contribution < 1.29 is 0 Å². The zero-order valence-corrected chi connectivity index (χ0v) is 11.9. The van der Waals surface area contributed by atoms with Crippen molar-refractivity contribution in [3.05, 3.63) is 16.8 Å². The Morgan fingerprint density at radius 1 is 1.26 bits per heavy atom. The van der Waals surface area contributed by atoms with Gasteiger partial charge in [0.15, 0.2) is 5.82 Å². The van der Waals surface area contributed by atoms with Crippen molar-refractivity contribution in [1.82, 2.24) is 15.5 Å². The smallest absolute Gasteiger partial charge is 0.169 e. The van der Waals surface area contributed by atoms with Crippen molar-refractivity contribution in [2.24, 2.45) is 0 Å². The minimum Gasteiger partial charge on any atom is -0.349 e. The van der Waals surface area contributed by atoms with Gasteiger partial charge in [0.1, 0.15) is 11.6 Å². The zero-order valence-electron chi connectivity index (χ0n) is 11.9. The number of nitrogens with one attached hydrogen (secondary N) is 1. The number of hydrogen-bond donors (Lipinski definition) is 1. The quantitative estimate of drug-likeness (QED) is 0.862.